The minimum Gasteiger partial charge on any atom is -0.353 e. The fraction of sp³-hybridized carbons (Fsp3) is 0.667. The fourth-order valence-corrected chi connectivity index (χ4v) is 2.50. The van der Waals surface area contributed by atoms with Crippen LogP contribution in [0.5, 0.6) is 0 Å². The summed E-state index contributed by atoms with van der Waals surface area (Å²) in [5.74, 6) is 0.488. The first kappa shape index (κ1) is 15.0. The lowest BCUT2D eigenvalue weighted by Gasteiger charge is -2.19. The van der Waals surface area contributed by atoms with Gasteiger partial charge in [0.25, 0.3) is 0 Å². The number of aryl methyl sites for hydroxylation is 1. The second-order valence-corrected chi connectivity index (χ2v) is 4.82. The molecule has 1 aliphatic carbocycles. The SMILES string of the molecule is Cc1cc(CC(=O)NC2CCCC2CN)n[nH]1.Cl. The maximum atomic E-state index is 11.8. The Balaban J connectivity index is 0.00000162. The van der Waals surface area contributed by atoms with Gasteiger partial charge in [0.15, 0.2) is 0 Å². The molecule has 0 saturated heterocycles. The molecule has 2 atom stereocenters. The Bertz CT molecular complexity index is 393. The third-order valence-electron chi connectivity index (χ3n) is 3.41. The summed E-state index contributed by atoms with van der Waals surface area (Å²) >= 11 is 0. The standard InChI is InChI=1S/C12H20N4O.ClH/c1-8-5-10(16-15-8)6-12(17)14-11-4-2-3-9(11)7-13;/h5,9,11H,2-4,6-7,13H2,1H3,(H,14,17)(H,15,16);1H. The first-order valence-corrected chi connectivity index (χ1v) is 6.19. The number of halogens is 1. The number of hydrogen-bond acceptors (Lipinski definition) is 3. The first-order valence-electron chi connectivity index (χ1n) is 6.19. The highest BCUT2D eigenvalue weighted by Crippen LogP contribution is 2.24. The average molecular weight is 273 g/mol. The summed E-state index contributed by atoms with van der Waals surface area (Å²) in [5, 5.41) is 9.96. The average Bonchev–Trinajstić information content (AvgIpc) is 2.87. The highest BCUT2D eigenvalue weighted by Gasteiger charge is 2.27. The number of H-pyrrole nitrogens is 1. The van der Waals surface area contributed by atoms with E-state index in [0.29, 0.717) is 18.9 Å². The van der Waals surface area contributed by atoms with Crippen LogP contribution in [0.3, 0.4) is 0 Å². The van der Waals surface area contributed by atoms with E-state index in [1.165, 1.54) is 0 Å². The van der Waals surface area contributed by atoms with Crippen molar-refractivity contribution in [1.29, 1.82) is 0 Å². The van der Waals surface area contributed by atoms with E-state index in [-0.39, 0.29) is 24.4 Å². The van der Waals surface area contributed by atoms with Crippen LogP contribution in [0.2, 0.25) is 0 Å². The predicted octanol–water partition coefficient (Wildman–Crippen LogP) is 0.926. The van der Waals surface area contributed by atoms with Crippen molar-refractivity contribution in [3.8, 4) is 0 Å². The molecule has 0 aliphatic heterocycles. The molecule has 1 aromatic heterocycles. The quantitative estimate of drug-likeness (QED) is 0.762. The van der Waals surface area contributed by atoms with Gasteiger partial charge in [0.2, 0.25) is 5.91 Å². The van der Waals surface area contributed by atoms with Crippen LogP contribution in [0.25, 0.3) is 0 Å². The number of rotatable bonds is 4. The lowest BCUT2D eigenvalue weighted by molar-refractivity contribution is -0.121. The molecule has 5 nitrogen and oxygen atoms in total. The minimum atomic E-state index is 0. The number of nitrogens with one attached hydrogen (secondary N) is 2. The maximum Gasteiger partial charge on any atom is 0.226 e. The highest BCUT2D eigenvalue weighted by molar-refractivity contribution is 5.85. The molecule has 2 rings (SSSR count). The Hall–Kier alpha value is -1.07. The molecule has 6 heteroatoms. The summed E-state index contributed by atoms with van der Waals surface area (Å²) < 4.78 is 0. The van der Waals surface area contributed by atoms with E-state index in [2.05, 4.69) is 15.5 Å². The van der Waals surface area contributed by atoms with E-state index in [1.54, 1.807) is 0 Å². The van der Waals surface area contributed by atoms with Crippen LogP contribution in [0, 0.1) is 12.8 Å². The van der Waals surface area contributed by atoms with Gasteiger partial charge < -0.3 is 11.1 Å². The Morgan fingerprint density at radius 3 is 3.00 bits per heavy atom. The summed E-state index contributed by atoms with van der Waals surface area (Å²) in [5.41, 5.74) is 7.46. The second kappa shape index (κ2) is 6.75. The number of aromatic amines is 1. The largest absolute Gasteiger partial charge is 0.353 e. The molecule has 4 N–H and O–H groups in total. The van der Waals surface area contributed by atoms with E-state index >= 15 is 0 Å². The maximum absolute atomic E-state index is 11.8. The van der Waals surface area contributed by atoms with Crippen LogP contribution < -0.4 is 11.1 Å². The fourth-order valence-electron chi connectivity index (χ4n) is 2.50. The van der Waals surface area contributed by atoms with Gasteiger partial charge in [-0.2, -0.15) is 5.10 Å². The molecule has 1 saturated carbocycles. The summed E-state index contributed by atoms with van der Waals surface area (Å²) in [6.45, 7) is 2.59. The van der Waals surface area contributed by atoms with Gasteiger partial charge in [-0.25, -0.2) is 0 Å². The van der Waals surface area contributed by atoms with Gasteiger partial charge >= 0.3 is 0 Å². The van der Waals surface area contributed by atoms with Crippen molar-refractivity contribution >= 4 is 18.3 Å². The number of carbonyl (C=O) groups excluding carboxylic acids is 1. The van der Waals surface area contributed by atoms with Crippen LogP contribution in [0.4, 0.5) is 0 Å². The van der Waals surface area contributed by atoms with Crippen LogP contribution in [-0.2, 0) is 11.2 Å². The molecule has 1 fully saturated rings. The van der Waals surface area contributed by atoms with Gasteiger partial charge in [-0.3, -0.25) is 9.89 Å². The van der Waals surface area contributed by atoms with Crippen LogP contribution >= 0.6 is 12.4 Å². The zero-order valence-electron chi connectivity index (χ0n) is 10.6. The van der Waals surface area contributed by atoms with Crippen molar-refractivity contribution < 1.29 is 4.79 Å². The predicted molar refractivity (Wildman–Crippen MR) is 72.6 cm³/mol. The van der Waals surface area contributed by atoms with Gasteiger partial charge in [-0.15, -0.1) is 12.4 Å². The van der Waals surface area contributed by atoms with E-state index in [4.69, 9.17) is 5.73 Å². The number of carbonyl (C=O) groups is 1. The second-order valence-electron chi connectivity index (χ2n) is 4.82. The first-order chi connectivity index (χ1) is 8.19. The lowest BCUT2D eigenvalue weighted by atomic mass is 10.0. The molecule has 0 aromatic carbocycles. The van der Waals surface area contributed by atoms with E-state index in [0.717, 1.165) is 30.7 Å². The molecule has 1 heterocycles. The Morgan fingerprint density at radius 1 is 1.61 bits per heavy atom. The molecule has 1 aromatic rings. The zero-order valence-corrected chi connectivity index (χ0v) is 11.4. The van der Waals surface area contributed by atoms with Crippen LogP contribution in [0.1, 0.15) is 30.7 Å². The highest BCUT2D eigenvalue weighted by atomic mass is 35.5. The normalized spacial score (nSPS) is 22.6. The molecule has 0 spiro atoms. The summed E-state index contributed by atoms with van der Waals surface area (Å²) in [6.07, 6.45) is 3.68. The Kier molecular flexibility index (Phi) is 5.62. The third kappa shape index (κ3) is 3.71. The van der Waals surface area contributed by atoms with Crippen LogP contribution in [0.15, 0.2) is 6.07 Å². The number of hydrogen-bond donors (Lipinski definition) is 3. The van der Waals surface area contributed by atoms with E-state index in [1.807, 2.05) is 13.0 Å². The molecular formula is C12H21ClN4O. The molecule has 2 unspecified atom stereocenters. The van der Waals surface area contributed by atoms with Crippen LogP contribution in [-0.4, -0.2) is 28.7 Å². The van der Waals surface area contributed by atoms with Crippen molar-refractivity contribution in [2.45, 2.75) is 38.6 Å². The molecular weight excluding hydrogens is 252 g/mol. The van der Waals surface area contributed by atoms with Crippen molar-refractivity contribution in [1.82, 2.24) is 15.5 Å². The molecule has 18 heavy (non-hydrogen) atoms. The third-order valence-corrected chi connectivity index (χ3v) is 3.41. The molecule has 0 radical (unpaired) electrons. The molecule has 0 bridgehead atoms. The van der Waals surface area contributed by atoms with Crippen molar-refractivity contribution in [2.24, 2.45) is 11.7 Å². The van der Waals surface area contributed by atoms with Gasteiger partial charge in [0, 0.05) is 11.7 Å². The number of nitrogens with zero attached hydrogens (tertiary/aromatic N) is 1. The molecule has 1 aliphatic rings. The lowest BCUT2D eigenvalue weighted by Crippen LogP contribution is -2.40. The number of aromatic nitrogens is 2. The smallest absolute Gasteiger partial charge is 0.226 e. The van der Waals surface area contributed by atoms with Gasteiger partial charge in [-0.05, 0) is 38.3 Å². The van der Waals surface area contributed by atoms with E-state index in [9.17, 15) is 4.79 Å². The van der Waals surface area contributed by atoms with E-state index < -0.39 is 0 Å². The minimum absolute atomic E-state index is 0. The Labute approximate surface area is 113 Å². The monoisotopic (exact) mass is 272 g/mol. The summed E-state index contributed by atoms with van der Waals surface area (Å²) in [4.78, 5) is 11.8. The topological polar surface area (TPSA) is 83.8 Å². The van der Waals surface area contributed by atoms with Gasteiger partial charge in [-0.1, -0.05) is 6.42 Å². The summed E-state index contributed by atoms with van der Waals surface area (Å²) in [7, 11) is 0. The zero-order chi connectivity index (χ0) is 12.3. The number of amides is 1. The van der Waals surface area contributed by atoms with Gasteiger partial charge in [0.05, 0.1) is 12.1 Å². The Morgan fingerprint density at radius 2 is 2.39 bits per heavy atom. The van der Waals surface area contributed by atoms with Crippen molar-refractivity contribution in [2.75, 3.05) is 6.54 Å². The van der Waals surface area contributed by atoms with Gasteiger partial charge in [0.1, 0.15) is 0 Å². The molecule has 1 amide bonds. The van der Waals surface area contributed by atoms with Crippen molar-refractivity contribution in [3.05, 3.63) is 17.5 Å². The van der Waals surface area contributed by atoms with Crippen molar-refractivity contribution in [3.63, 3.8) is 0 Å². The number of nitrogens with two attached hydrogens (primary N) is 1. The summed E-state index contributed by atoms with van der Waals surface area (Å²) in [6, 6.07) is 2.15. The molecule has 102 valence electrons.